The molecule has 1 atom stereocenters. The van der Waals surface area contributed by atoms with Crippen molar-refractivity contribution < 1.29 is 21.6 Å². The number of piperidine rings is 1. The SMILES string of the molecule is O=S(=O)(c1ccc(Br)cc1Br)N1CCCC(C(F)(F)F)C1. The molecule has 1 aliphatic heterocycles. The van der Waals surface area contributed by atoms with Crippen LogP contribution in [0.4, 0.5) is 13.2 Å². The summed E-state index contributed by atoms with van der Waals surface area (Å²) in [5.74, 6) is -1.60. The van der Waals surface area contributed by atoms with E-state index < -0.39 is 28.7 Å². The molecule has 3 nitrogen and oxygen atoms in total. The molecule has 0 aliphatic carbocycles. The Morgan fingerprint density at radius 3 is 2.48 bits per heavy atom. The van der Waals surface area contributed by atoms with Crippen molar-refractivity contribution in [3.8, 4) is 0 Å². The van der Waals surface area contributed by atoms with Crippen LogP contribution < -0.4 is 0 Å². The minimum atomic E-state index is -4.37. The Hall–Kier alpha value is -0.120. The summed E-state index contributed by atoms with van der Waals surface area (Å²) >= 11 is 6.35. The molecule has 0 bridgehead atoms. The lowest BCUT2D eigenvalue weighted by atomic mass is 9.99. The van der Waals surface area contributed by atoms with Crippen LogP contribution in [-0.4, -0.2) is 32.0 Å². The molecule has 1 aromatic rings. The Balaban J connectivity index is 2.31. The van der Waals surface area contributed by atoms with Gasteiger partial charge in [0, 0.05) is 22.0 Å². The van der Waals surface area contributed by atoms with E-state index in [1.165, 1.54) is 6.07 Å². The first-order chi connectivity index (χ1) is 9.62. The largest absolute Gasteiger partial charge is 0.393 e. The van der Waals surface area contributed by atoms with E-state index in [9.17, 15) is 21.6 Å². The third-order valence-electron chi connectivity index (χ3n) is 3.36. The first-order valence-electron chi connectivity index (χ1n) is 6.14. The van der Waals surface area contributed by atoms with Crippen molar-refractivity contribution in [3.63, 3.8) is 0 Å². The predicted molar refractivity (Wildman–Crippen MR) is 79.4 cm³/mol. The first kappa shape index (κ1) is 17.2. The topological polar surface area (TPSA) is 37.4 Å². The molecule has 21 heavy (non-hydrogen) atoms. The molecule has 9 heteroatoms. The predicted octanol–water partition coefficient (Wildman–Crippen LogP) is 4.17. The average molecular weight is 451 g/mol. The van der Waals surface area contributed by atoms with E-state index in [0.717, 1.165) is 4.31 Å². The molecule has 1 fully saturated rings. The molecule has 0 aromatic heterocycles. The van der Waals surface area contributed by atoms with Gasteiger partial charge >= 0.3 is 6.18 Å². The van der Waals surface area contributed by atoms with E-state index in [0.29, 0.717) is 8.95 Å². The number of nitrogens with zero attached hydrogens (tertiary/aromatic N) is 1. The lowest BCUT2D eigenvalue weighted by molar-refractivity contribution is -0.182. The summed E-state index contributed by atoms with van der Waals surface area (Å²) in [7, 11) is -3.94. The summed E-state index contributed by atoms with van der Waals surface area (Å²) in [4.78, 5) is -0.0199. The standard InChI is InChI=1S/C12H12Br2F3NO2S/c13-9-3-4-11(10(14)6-9)21(19,20)18-5-1-2-8(7-18)12(15,16)17/h3-4,6,8H,1-2,5,7H2. The fourth-order valence-electron chi connectivity index (χ4n) is 2.25. The second-order valence-electron chi connectivity index (χ2n) is 4.82. The van der Waals surface area contributed by atoms with Gasteiger partial charge in [0.1, 0.15) is 0 Å². The quantitative estimate of drug-likeness (QED) is 0.677. The zero-order chi connectivity index (χ0) is 15.8. The molecule has 0 radical (unpaired) electrons. The van der Waals surface area contributed by atoms with Crippen molar-refractivity contribution in [1.29, 1.82) is 0 Å². The van der Waals surface area contributed by atoms with Crippen LogP contribution in [0.3, 0.4) is 0 Å². The maximum Gasteiger partial charge on any atom is 0.393 e. The van der Waals surface area contributed by atoms with E-state index in [4.69, 9.17) is 0 Å². The summed E-state index contributed by atoms with van der Waals surface area (Å²) in [5, 5.41) is 0. The number of rotatable bonds is 2. The summed E-state index contributed by atoms with van der Waals surface area (Å²) < 4.78 is 65.3. The molecule has 2 rings (SSSR count). The first-order valence-corrected chi connectivity index (χ1v) is 9.17. The van der Waals surface area contributed by atoms with Crippen LogP contribution in [0.5, 0.6) is 0 Å². The maximum absolute atomic E-state index is 12.8. The second kappa shape index (κ2) is 6.17. The Morgan fingerprint density at radius 2 is 1.90 bits per heavy atom. The minimum absolute atomic E-state index is 0.0199. The van der Waals surface area contributed by atoms with E-state index in [2.05, 4.69) is 31.9 Å². The van der Waals surface area contributed by atoms with Gasteiger partial charge in [-0.25, -0.2) is 8.42 Å². The van der Waals surface area contributed by atoms with Gasteiger partial charge in [-0.1, -0.05) is 15.9 Å². The van der Waals surface area contributed by atoms with Gasteiger partial charge in [0.05, 0.1) is 10.8 Å². The van der Waals surface area contributed by atoms with Gasteiger partial charge in [-0.15, -0.1) is 0 Å². The third kappa shape index (κ3) is 3.80. The van der Waals surface area contributed by atoms with Gasteiger partial charge in [0.15, 0.2) is 0 Å². The summed E-state index contributed by atoms with van der Waals surface area (Å²) in [6, 6.07) is 4.47. The van der Waals surface area contributed by atoms with Crippen LogP contribution in [0.2, 0.25) is 0 Å². The molecule has 1 saturated heterocycles. The van der Waals surface area contributed by atoms with Crippen LogP contribution in [0, 0.1) is 5.92 Å². The van der Waals surface area contributed by atoms with Gasteiger partial charge in [0.25, 0.3) is 0 Å². The normalized spacial score (nSPS) is 21.5. The highest BCUT2D eigenvalue weighted by Gasteiger charge is 2.44. The molecule has 1 unspecified atom stereocenters. The van der Waals surface area contributed by atoms with Crippen molar-refractivity contribution >= 4 is 41.9 Å². The minimum Gasteiger partial charge on any atom is -0.207 e. The van der Waals surface area contributed by atoms with Crippen LogP contribution in [0.15, 0.2) is 32.0 Å². The van der Waals surface area contributed by atoms with Crippen molar-refractivity contribution in [3.05, 3.63) is 27.1 Å². The highest BCUT2D eigenvalue weighted by Crippen LogP contribution is 2.36. The van der Waals surface area contributed by atoms with Gasteiger partial charge in [-0.3, -0.25) is 0 Å². The highest BCUT2D eigenvalue weighted by molar-refractivity contribution is 9.11. The van der Waals surface area contributed by atoms with Crippen LogP contribution >= 0.6 is 31.9 Å². The van der Waals surface area contributed by atoms with Gasteiger partial charge < -0.3 is 0 Å². The number of hydrogen-bond acceptors (Lipinski definition) is 2. The Bertz CT molecular complexity index is 634. The molecular weight excluding hydrogens is 439 g/mol. The molecule has 0 spiro atoms. The fraction of sp³-hybridized carbons (Fsp3) is 0.500. The van der Waals surface area contributed by atoms with Gasteiger partial charge in [-0.05, 0) is 47.0 Å². The number of halogens is 5. The number of alkyl halides is 3. The zero-order valence-electron chi connectivity index (χ0n) is 10.7. The van der Waals surface area contributed by atoms with Crippen molar-refractivity contribution in [2.45, 2.75) is 23.9 Å². The lowest BCUT2D eigenvalue weighted by Gasteiger charge is -2.33. The number of sulfonamides is 1. The molecule has 0 amide bonds. The summed E-state index contributed by atoms with van der Waals surface area (Å²) in [6.07, 6.45) is -4.19. The van der Waals surface area contributed by atoms with E-state index in [1.54, 1.807) is 12.1 Å². The molecule has 1 aromatic carbocycles. The van der Waals surface area contributed by atoms with Crippen molar-refractivity contribution in [2.24, 2.45) is 5.92 Å². The van der Waals surface area contributed by atoms with Crippen LogP contribution in [-0.2, 0) is 10.0 Å². The smallest absolute Gasteiger partial charge is 0.207 e. The molecular formula is C12H12Br2F3NO2S. The Labute approximate surface area is 137 Å². The molecule has 1 heterocycles. The summed E-state index contributed by atoms with van der Waals surface area (Å²) in [5.41, 5.74) is 0. The molecule has 0 saturated carbocycles. The third-order valence-corrected chi connectivity index (χ3v) is 6.69. The van der Waals surface area contributed by atoms with Crippen LogP contribution in [0.1, 0.15) is 12.8 Å². The Morgan fingerprint density at radius 1 is 1.24 bits per heavy atom. The van der Waals surface area contributed by atoms with Crippen LogP contribution in [0.25, 0.3) is 0 Å². The second-order valence-corrected chi connectivity index (χ2v) is 8.49. The highest BCUT2D eigenvalue weighted by atomic mass is 79.9. The van der Waals surface area contributed by atoms with Crippen molar-refractivity contribution in [2.75, 3.05) is 13.1 Å². The zero-order valence-corrected chi connectivity index (χ0v) is 14.7. The number of hydrogen-bond donors (Lipinski definition) is 0. The van der Waals surface area contributed by atoms with E-state index in [1.807, 2.05) is 0 Å². The van der Waals surface area contributed by atoms with Gasteiger partial charge in [0.2, 0.25) is 10.0 Å². The van der Waals surface area contributed by atoms with E-state index in [-0.39, 0.29) is 24.3 Å². The lowest BCUT2D eigenvalue weighted by Crippen LogP contribution is -2.44. The molecule has 118 valence electrons. The Kier molecular flexibility index (Phi) is 5.07. The molecule has 1 aliphatic rings. The number of benzene rings is 1. The van der Waals surface area contributed by atoms with Crippen molar-refractivity contribution in [1.82, 2.24) is 4.31 Å². The van der Waals surface area contributed by atoms with E-state index >= 15 is 0 Å². The maximum atomic E-state index is 12.8. The fourth-order valence-corrected chi connectivity index (χ4v) is 5.48. The summed E-state index contributed by atoms with van der Waals surface area (Å²) in [6.45, 7) is -0.411. The molecule has 0 N–H and O–H groups in total. The average Bonchev–Trinajstić information content (AvgIpc) is 2.37. The monoisotopic (exact) mass is 449 g/mol. The van der Waals surface area contributed by atoms with Gasteiger partial charge in [-0.2, -0.15) is 17.5 Å².